The number of benzene rings is 1. The van der Waals surface area contributed by atoms with Gasteiger partial charge in [-0.05, 0) is 43.4 Å². The van der Waals surface area contributed by atoms with E-state index in [0.29, 0.717) is 5.92 Å². The predicted octanol–water partition coefficient (Wildman–Crippen LogP) is 2.42. The number of hydrogen-bond donors (Lipinski definition) is 1. The summed E-state index contributed by atoms with van der Waals surface area (Å²) in [5, 5.41) is 0. The zero-order valence-electron chi connectivity index (χ0n) is 9.09. The molecule has 0 aromatic heterocycles. The van der Waals surface area contributed by atoms with Crippen LogP contribution in [0.2, 0.25) is 0 Å². The summed E-state index contributed by atoms with van der Waals surface area (Å²) in [6.07, 6.45) is 2.28. The topological polar surface area (TPSA) is 35.2 Å². The number of hydrogen-bond acceptors (Lipinski definition) is 2. The molecule has 1 unspecified atom stereocenters. The van der Waals surface area contributed by atoms with Crippen molar-refractivity contribution >= 4 is 0 Å². The van der Waals surface area contributed by atoms with Crippen molar-refractivity contribution in [1.29, 1.82) is 0 Å². The second-order valence-electron chi connectivity index (χ2n) is 4.41. The second kappa shape index (κ2) is 3.49. The third-order valence-electron chi connectivity index (χ3n) is 3.20. The standard InChI is InChI=1S/C12H16FNO/c1-12(14,8-3-4-8)9-5-6-11(15-2)10(13)7-9/h5-8H,3-4,14H2,1-2H3. The van der Waals surface area contributed by atoms with Gasteiger partial charge in [-0.3, -0.25) is 0 Å². The summed E-state index contributed by atoms with van der Waals surface area (Å²) in [7, 11) is 1.46. The van der Waals surface area contributed by atoms with Crippen molar-refractivity contribution in [2.75, 3.05) is 7.11 Å². The summed E-state index contributed by atoms with van der Waals surface area (Å²) in [6, 6.07) is 4.97. The van der Waals surface area contributed by atoms with E-state index in [4.69, 9.17) is 10.5 Å². The number of ether oxygens (including phenoxy) is 1. The minimum absolute atomic E-state index is 0.269. The molecule has 0 radical (unpaired) electrons. The molecule has 1 aliphatic rings. The summed E-state index contributed by atoms with van der Waals surface area (Å²) in [5.41, 5.74) is 6.64. The Labute approximate surface area is 89.2 Å². The van der Waals surface area contributed by atoms with Crippen molar-refractivity contribution in [3.05, 3.63) is 29.6 Å². The maximum absolute atomic E-state index is 13.5. The fourth-order valence-corrected chi connectivity index (χ4v) is 1.92. The third-order valence-corrected chi connectivity index (χ3v) is 3.20. The van der Waals surface area contributed by atoms with Gasteiger partial charge in [-0.15, -0.1) is 0 Å². The molecule has 2 N–H and O–H groups in total. The number of nitrogens with two attached hydrogens (primary N) is 1. The molecule has 82 valence electrons. The van der Waals surface area contributed by atoms with Crippen LogP contribution in [0.4, 0.5) is 4.39 Å². The van der Waals surface area contributed by atoms with Crippen molar-refractivity contribution in [2.45, 2.75) is 25.3 Å². The molecule has 1 atom stereocenters. The van der Waals surface area contributed by atoms with Gasteiger partial charge in [-0.1, -0.05) is 6.07 Å². The van der Waals surface area contributed by atoms with Crippen LogP contribution in [0.3, 0.4) is 0 Å². The van der Waals surface area contributed by atoms with E-state index in [1.807, 2.05) is 13.0 Å². The number of halogens is 1. The van der Waals surface area contributed by atoms with Gasteiger partial charge in [0.25, 0.3) is 0 Å². The highest BCUT2D eigenvalue weighted by molar-refractivity contribution is 5.34. The smallest absolute Gasteiger partial charge is 0.165 e. The first-order chi connectivity index (χ1) is 7.05. The first-order valence-electron chi connectivity index (χ1n) is 5.18. The first-order valence-corrected chi connectivity index (χ1v) is 5.18. The highest BCUT2D eigenvalue weighted by Gasteiger charge is 2.39. The Morgan fingerprint density at radius 2 is 2.13 bits per heavy atom. The van der Waals surface area contributed by atoms with Crippen molar-refractivity contribution in [1.82, 2.24) is 0 Å². The van der Waals surface area contributed by atoms with E-state index in [1.54, 1.807) is 6.07 Å². The zero-order chi connectivity index (χ0) is 11.1. The molecule has 0 heterocycles. The summed E-state index contributed by atoms with van der Waals surface area (Å²) in [6.45, 7) is 1.96. The van der Waals surface area contributed by atoms with Gasteiger partial charge in [0.2, 0.25) is 0 Å². The monoisotopic (exact) mass is 209 g/mol. The van der Waals surface area contributed by atoms with Crippen molar-refractivity contribution in [3.63, 3.8) is 0 Å². The molecule has 0 amide bonds. The van der Waals surface area contributed by atoms with Gasteiger partial charge in [-0.2, -0.15) is 0 Å². The highest BCUT2D eigenvalue weighted by atomic mass is 19.1. The lowest BCUT2D eigenvalue weighted by molar-refractivity contribution is 0.381. The average molecular weight is 209 g/mol. The fourth-order valence-electron chi connectivity index (χ4n) is 1.92. The van der Waals surface area contributed by atoms with E-state index in [1.165, 1.54) is 13.2 Å². The normalized spacial score (nSPS) is 19.7. The van der Waals surface area contributed by atoms with Gasteiger partial charge in [-0.25, -0.2) is 4.39 Å². The average Bonchev–Trinajstić information content (AvgIpc) is 3.00. The molecule has 2 nitrogen and oxygen atoms in total. The van der Waals surface area contributed by atoms with Crippen molar-refractivity contribution in [3.8, 4) is 5.75 Å². The molecule has 1 aliphatic carbocycles. The molecule has 1 aromatic rings. The Morgan fingerprint density at radius 1 is 1.47 bits per heavy atom. The minimum atomic E-state index is -0.410. The van der Waals surface area contributed by atoms with Crippen molar-refractivity contribution in [2.24, 2.45) is 11.7 Å². The highest BCUT2D eigenvalue weighted by Crippen LogP contribution is 2.44. The van der Waals surface area contributed by atoms with Crippen LogP contribution >= 0.6 is 0 Å². The quantitative estimate of drug-likeness (QED) is 0.829. The van der Waals surface area contributed by atoms with Crippen LogP contribution in [0.1, 0.15) is 25.3 Å². The van der Waals surface area contributed by atoms with Gasteiger partial charge >= 0.3 is 0 Å². The van der Waals surface area contributed by atoms with Crippen molar-refractivity contribution < 1.29 is 9.13 Å². The molecule has 0 aliphatic heterocycles. The Kier molecular flexibility index (Phi) is 2.43. The van der Waals surface area contributed by atoms with Crippen LogP contribution < -0.4 is 10.5 Å². The van der Waals surface area contributed by atoms with Gasteiger partial charge in [0.05, 0.1) is 7.11 Å². The summed E-state index contributed by atoms with van der Waals surface area (Å²) in [5.74, 6) is 0.419. The molecule has 2 rings (SSSR count). The van der Waals surface area contributed by atoms with Crippen LogP contribution in [0, 0.1) is 11.7 Å². The van der Waals surface area contributed by atoms with E-state index in [2.05, 4.69) is 0 Å². The maximum Gasteiger partial charge on any atom is 0.165 e. The molecular weight excluding hydrogens is 193 g/mol. The van der Waals surface area contributed by atoms with Gasteiger partial charge in [0.1, 0.15) is 0 Å². The van der Waals surface area contributed by atoms with E-state index >= 15 is 0 Å². The molecule has 0 spiro atoms. The van der Waals surface area contributed by atoms with Crippen LogP contribution in [0.25, 0.3) is 0 Å². The molecule has 0 bridgehead atoms. The Balaban J connectivity index is 2.32. The largest absolute Gasteiger partial charge is 0.494 e. The Bertz CT molecular complexity index is 372. The molecular formula is C12H16FNO. The predicted molar refractivity (Wildman–Crippen MR) is 57.2 cm³/mol. The summed E-state index contributed by atoms with van der Waals surface area (Å²) in [4.78, 5) is 0. The molecule has 1 aromatic carbocycles. The zero-order valence-corrected chi connectivity index (χ0v) is 9.09. The summed E-state index contributed by atoms with van der Waals surface area (Å²) < 4.78 is 18.4. The van der Waals surface area contributed by atoms with Crippen LogP contribution in [0.5, 0.6) is 5.75 Å². The molecule has 15 heavy (non-hydrogen) atoms. The van der Waals surface area contributed by atoms with Gasteiger partial charge in [0, 0.05) is 5.54 Å². The number of methoxy groups -OCH3 is 1. The van der Waals surface area contributed by atoms with Crippen LogP contribution in [-0.4, -0.2) is 7.11 Å². The first kappa shape index (κ1) is 10.4. The maximum atomic E-state index is 13.5. The lowest BCUT2D eigenvalue weighted by Crippen LogP contribution is -2.35. The van der Waals surface area contributed by atoms with Crippen LogP contribution in [-0.2, 0) is 5.54 Å². The Hall–Kier alpha value is -1.09. The third kappa shape index (κ3) is 1.84. The lowest BCUT2D eigenvalue weighted by atomic mass is 9.88. The van der Waals surface area contributed by atoms with Gasteiger partial charge in [0.15, 0.2) is 11.6 Å². The van der Waals surface area contributed by atoms with Crippen LogP contribution in [0.15, 0.2) is 18.2 Å². The minimum Gasteiger partial charge on any atom is -0.494 e. The number of rotatable bonds is 3. The van der Waals surface area contributed by atoms with Gasteiger partial charge < -0.3 is 10.5 Å². The molecule has 0 saturated heterocycles. The van der Waals surface area contributed by atoms with E-state index < -0.39 is 5.54 Å². The molecule has 1 saturated carbocycles. The molecule has 1 fully saturated rings. The molecule has 3 heteroatoms. The second-order valence-corrected chi connectivity index (χ2v) is 4.41. The summed E-state index contributed by atoms with van der Waals surface area (Å²) >= 11 is 0. The van der Waals surface area contributed by atoms with E-state index in [-0.39, 0.29) is 11.6 Å². The van der Waals surface area contributed by atoms with E-state index in [9.17, 15) is 4.39 Å². The Morgan fingerprint density at radius 3 is 2.60 bits per heavy atom. The lowest BCUT2D eigenvalue weighted by Gasteiger charge is -2.25. The SMILES string of the molecule is COc1ccc(C(C)(N)C2CC2)cc1F. The van der Waals surface area contributed by atoms with E-state index in [0.717, 1.165) is 18.4 Å². The fraction of sp³-hybridized carbons (Fsp3) is 0.500.